The molecule has 2 aromatic rings. The normalized spacial score (nSPS) is 20.9. The summed E-state index contributed by atoms with van der Waals surface area (Å²) in [6.07, 6.45) is 5.14. The fourth-order valence-corrected chi connectivity index (χ4v) is 4.24. The average Bonchev–Trinajstić information content (AvgIpc) is 2.61. The lowest BCUT2D eigenvalue weighted by Crippen LogP contribution is -2.49. The molecule has 0 radical (unpaired) electrons. The molecule has 2 nitrogen and oxygen atoms in total. The second-order valence-electron chi connectivity index (χ2n) is 6.44. The van der Waals surface area contributed by atoms with Gasteiger partial charge in [-0.05, 0) is 36.1 Å². The molecule has 24 heavy (non-hydrogen) atoms. The van der Waals surface area contributed by atoms with E-state index in [9.17, 15) is 0 Å². The van der Waals surface area contributed by atoms with Gasteiger partial charge in [0, 0.05) is 34.1 Å². The van der Waals surface area contributed by atoms with Gasteiger partial charge >= 0.3 is 0 Å². The van der Waals surface area contributed by atoms with Crippen LogP contribution in [-0.2, 0) is 13.1 Å². The molecule has 1 saturated carbocycles. The molecule has 4 heteroatoms. The number of halogens is 2. The summed E-state index contributed by atoms with van der Waals surface area (Å²) in [7, 11) is 0. The molecule has 128 valence electrons. The summed E-state index contributed by atoms with van der Waals surface area (Å²) >= 11 is 7.29. The third-order valence-corrected chi connectivity index (χ3v) is 6.34. The SMILES string of the molecule is Brc1ccccc1CNC1CCCCC1NCc1ccccc1Br. The van der Waals surface area contributed by atoms with E-state index in [2.05, 4.69) is 91.0 Å². The van der Waals surface area contributed by atoms with Gasteiger partial charge in [0.2, 0.25) is 0 Å². The van der Waals surface area contributed by atoms with E-state index in [1.807, 2.05) is 0 Å². The van der Waals surface area contributed by atoms with Crippen molar-refractivity contribution in [3.8, 4) is 0 Å². The molecule has 0 amide bonds. The molecule has 0 aliphatic heterocycles. The maximum atomic E-state index is 3.78. The predicted molar refractivity (Wildman–Crippen MR) is 108 cm³/mol. The van der Waals surface area contributed by atoms with Crippen molar-refractivity contribution >= 4 is 31.9 Å². The first-order valence-corrected chi connectivity index (χ1v) is 10.3. The van der Waals surface area contributed by atoms with E-state index in [1.54, 1.807) is 0 Å². The summed E-state index contributed by atoms with van der Waals surface area (Å²) in [6.45, 7) is 1.83. The highest BCUT2D eigenvalue weighted by molar-refractivity contribution is 9.10. The minimum absolute atomic E-state index is 0.536. The average molecular weight is 452 g/mol. The number of rotatable bonds is 6. The third-order valence-electron chi connectivity index (χ3n) is 4.79. The fraction of sp³-hybridized carbons (Fsp3) is 0.400. The van der Waals surface area contributed by atoms with Gasteiger partial charge in [0.05, 0.1) is 0 Å². The molecule has 1 aliphatic carbocycles. The van der Waals surface area contributed by atoms with E-state index in [0.717, 1.165) is 13.1 Å². The number of hydrogen-bond donors (Lipinski definition) is 2. The van der Waals surface area contributed by atoms with Gasteiger partial charge in [-0.2, -0.15) is 0 Å². The van der Waals surface area contributed by atoms with Gasteiger partial charge in [0.25, 0.3) is 0 Å². The molecular formula is C20H24Br2N2. The Morgan fingerprint density at radius 3 is 1.54 bits per heavy atom. The van der Waals surface area contributed by atoms with Crippen molar-refractivity contribution in [1.82, 2.24) is 10.6 Å². The molecule has 0 spiro atoms. The largest absolute Gasteiger partial charge is 0.308 e. The van der Waals surface area contributed by atoms with Gasteiger partial charge < -0.3 is 10.6 Å². The van der Waals surface area contributed by atoms with Crippen LogP contribution in [0.15, 0.2) is 57.5 Å². The molecule has 2 N–H and O–H groups in total. The van der Waals surface area contributed by atoms with Gasteiger partial charge in [-0.25, -0.2) is 0 Å². The van der Waals surface area contributed by atoms with Crippen LogP contribution < -0.4 is 10.6 Å². The number of benzene rings is 2. The molecule has 1 fully saturated rings. The Hall–Kier alpha value is -0.680. The van der Waals surface area contributed by atoms with Crippen LogP contribution in [0.25, 0.3) is 0 Å². The Kier molecular flexibility index (Phi) is 6.90. The van der Waals surface area contributed by atoms with E-state index >= 15 is 0 Å². The van der Waals surface area contributed by atoms with Crippen LogP contribution in [0.2, 0.25) is 0 Å². The van der Waals surface area contributed by atoms with Crippen molar-refractivity contribution in [3.05, 3.63) is 68.6 Å². The molecule has 2 atom stereocenters. The lowest BCUT2D eigenvalue weighted by atomic mass is 9.90. The summed E-state index contributed by atoms with van der Waals surface area (Å²) < 4.78 is 2.37. The highest BCUT2D eigenvalue weighted by Gasteiger charge is 2.24. The maximum absolute atomic E-state index is 3.78. The van der Waals surface area contributed by atoms with Crippen molar-refractivity contribution in [2.45, 2.75) is 50.9 Å². The number of hydrogen-bond acceptors (Lipinski definition) is 2. The molecule has 1 aliphatic rings. The van der Waals surface area contributed by atoms with Crippen molar-refractivity contribution < 1.29 is 0 Å². The van der Waals surface area contributed by atoms with Crippen LogP contribution in [0.5, 0.6) is 0 Å². The van der Waals surface area contributed by atoms with Crippen LogP contribution in [0, 0.1) is 0 Å². The summed E-state index contributed by atoms with van der Waals surface area (Å²) in [6, 6.07) is 18.0. The highest BCUT2D eigenvalue weighted by Crippen LogP contribution is 2.22. The van der Waals surface area contributed by atoms with Crippen molar-refractivity contribution in [2.24, 2.45) is 0 Å². The quantitative estimate of drug-likeness (QED) is 0.614. The molecule has 2 aromatic carbocycles. The standard InChI is InChI=1S/C20H24Br2N2/c21-17-9-3-1-7-15(17)13-23-19-11-5-6-12-20(19)24-14-16-8-2-4-10-18(16)22/h1-4,7-10,19-20,23-24H,5-6,11-14H2. The van der Waals surface area contributed by atoms with Gasteiger partial charge in [0.15, 0.2) is 0 Å². The van der Waals surface area contributed by atoms with Crippen LogP contribution in [0.1, 0.15) is 36.8 Å². The Bertz CT molecular complexity index is 602. The predicted octanol–water partition coefficient (Wildman–Crippen LogP) is 5.40. The second kappa shape index (κ2) is 9.14. The molecule has 0 aromatic heterocycles. The van der Waals surface area contributed by atoms with Gasteiger partial charge in [0.1, 0.15) is 0 Å². The third kappa shape index (κ3) is 4.92. The highest BCUT2D eigenvalue weighted by atomic mass is 79.9. The minimum Gasteiger partial charge on any atom is -0.308 e. The topological polar surface area (TPSA) is 24.1 Å². The summed E-state index contributed by atoms with van der Waals surface area (Å²) in [5.74, 6) is 0. The lowest BCUT2D eigenvalue weighted by Gasteiger charge is -2.33. The van der Waals surface area contributed by atoms with Crippen LogP contribution in [-0.4, -0.2) is 12.1 Å². The first-order chi connectivity index (χ1) is 11.7. The van der Waals surface area contributed by atoms with Gasteiger partial charge in [-0.3, -0.25) is 0 Å². The van der Waals surface area contributed by atoms with E-state index in [4.69, 9.17) is 0 Å². The zero-order chi connectivity index (χ0) is 16.8. The first kappa shape index (κ1) is 18.1. The number of nitrogens with one attached hydrogen (secondary N) is 2. The fourth-order valence-electron chi connectivity index (χ4n) is 3.39. The van der Waals surface area contributed by atoms with Crippen LogP contribution in [0.4, 0.5) is 0 Å². The Morgan fingerprint density at radius 2 is 1.12 bits per heavy atom. The molecule has 0 bridgehead atoms. The molecule has 0 saturated heterocycles. The zero-order valence-electron chi connectivity index (χ0n) is 13.8. The Labute approximate surface area is 161 Å². The first-order valence-electron chi connectivity index (χ1n) is 8.67. The maximum Gasteiger partial charge on any atom is 0.0224 e. The van der Waals surface area contributed by atoms with Crippen molar-refractivity contribution in [1.29, 1.82) is 0 Å². The molecular weight excluding hydrogens is 428 g/mol. The van der Waals surface area contributed by atoms with Gasteiger partial charge in [-0.1, -0.05) is 81.1 Å². The van der Waals surface area contributed by atoms with E-state index < -0.39 is 0 Å². The van der Waals surface area contributed by atoms with Crippen molar-refractivity contribution in [3.63, 3.8) is 0 Å². The van der Waals surface area contributed by atoms with Crippen molar-refractivity contribution in [2.75, 3.05) is 0 Å². The lowest BCUT2D eigenvalue weighted by molar-refractivity contribution is 0.281. The van der Waals surface area contributed by atoms with E-state index in [1.165, 1.54) is 45.8 Å². The van der Waals surface area contributed by atoms with Crippen LogP contribution >= 0.6 is 31.9 Å². The molecule has 2 unspecified atom stereocenters. The summed E-state index contributed by atoms with van der Waals surface area (Å²) in [5.41, 5.74) is 2.65. The monoisotopic (exact) mass is 450 g/mol. The molecule has 3 rings (SSSR count). The van der Waals surface area contributed by atoms with Gasteiger partial charge in [-0.15, -0.1) is 0 Å². The van der Waals surface area contributed by atoms with Crippen LogP contribution in [0.3, 0.4) is 0 Å². The van der Waals surface area contributed by atoms with E-state index in [0.29, 0.717) is 12.1 Å². The minimum atomic E-state index is 0.536. The Balaban J connectivity index is 1.57. The smallest absolute Gasteiger partial charge is 0.0224 e. The summed E-state index contributed by atoms with van der Waals surface area (Å²) in [4.78, 5) is 0. The zero-order valence-corrected chi connectivity index (χ0v) is 16.9. The summed E-state index contributed by atoms with van der Waals surface area (Å²) in [5, 5.41) is 7.55. The van der Waals surface area contributed by atoms with E-state index in [-0.39, 0.29) is 0 Å². The molecule has 0 heterocycles. The Morgan fingerprint density at radius 1 is 0.708 bits per heavy atom. The second-order valence-corrected chi connectivity index (χ2v) is 8.15.